The Morgan fingerprint density at radius 1 is 0.920 bits per heavy atom. The summed E-state index contributed by atoms with van der Waals surface area (Å²) >= 11 is 1.51. The summed E-state index contributed by atoms with van der Waals surface area (Å²) in [5, 5.41) is 0. The van der Waals surface area contributed by atoms with E-state index in [1.165, 1.54) is 46.5 Å². The molecule has 0 bridgehead atoms. The van der Waals surface area contributed by atoms with Crippen LogP contribution in [0.15, 0.2) is 60.7 Å². The molecule has 124 valence electrons. The Balaban J connectivity index is 0.000000334. The second-order valence-electron chi connectivity index (χ2n) is 5.68. The van der Waals surface area contributed by atoms with E-state index in [0.717, 1.165) is 0 Å². The molecule has 0 radical (unpaired) electrons. The Labute approximate surface area is 165 Å². The maximum atomic E-state index is 8.69. The van der Waals surface area contributed by atoms with Gasteiger partial charge in [0.2, 0.25) is 0 Å². The molecular formula is C23H22OZr. The van der Waals surface area contributed by atoms with Gasteiger partial charge in [-0.3, -0.25) is 0 Å². The van der Waals surface area contributed by atoms with Gasteiger partial charge in [-0.25, -0.2) is 0 Å². The van der Waals surface area contributed by atoms with Gasteiger partial charge in [-0.05, 0) is 17.4 Å². The van der Waals surface area contributed by atoms with E-state index in [1.807, 2.05) is 6.92 Å². The Morgan fingerprint density at radius 2 is 1.28 bits per heavy atom. The molecule has 2 aliphatic carbocycles. The molecule has 25 heavy (non-hydrogen) atoms. The van der Waals surface area contributed by atoms with Crippen molar-refractivity contribution in [3.05, 3.63) is 96.3 Å². The normalized spacial score (nSPS) is 18.2. The summed E-state index contributed by atoms with van der Waals surface area (Å²) in [6.45, 7) is 4.85. The topological polar surface area (TPSA) is 17.1 Å². The minimum atomic E-state index is 0.442. The molecule has 0 heterocycles. The van der Waals surface area contributed by atoms with E-state index in [1.54, 1.807) is 0 Å². The summed E-state index contributed by atoms with van der Waals surface area (Å²) in [5.74, 6) is 0.883. The fourth-order valence-corrected chi connectivity index (χ4v) is 3.11. The molecular weight excluding hydrogens is 383 g/mol. The first-order chi connectivity index (χ1) is 12.2. The third-order valence-corrected chi connectivity index (χ3v) is 4.09. The molecule has 0 aliphatic heterocycles. The van der Waals surface area contributed by atoms with Crippen molar-refractivity contribution in [2.24, 2.45) is 0 Å². The third-order valence-electron chi connectivity index (χ3n) is 4.09. The zero-order valence-corrected chi connectivity index (χ0v) is 16.9. The van der Waals surface area contributed by atoms with Crippen molar-refractivity contribution in [2.75, 3.05) is 0 Å². The molecule has 1 nitrogen and oxygen atoms in total. The maximum absolute atomic E-state index is 8.69. The molecule has 2 heteroatoms. The van der Waals surface area contributed by atoms with E-state index in [0.29, 0.717) is 18.1 Å². The largest absolute Gasteiger partial charge is 0.343 e. The molecule has 2 aromatic carbocycles. The van der Waals surface area contributed by atoms with E-state index in [9.17, 15) is 0 Å². The van der Waals surface area contributed by atoms with E-state index < -0.39 is 0 Å². The van der Waals surface area contributed by atoms with E-state index >= 15 is 0 Å². The van der Waals surface area contributed by atoms with Crippen LogP contribution in [0.4, 0.5) is 0 Å². The van der Waals surface area contributed by atoms with E-state index in [-0.39, 0.29) is 0 Å². The first-order valence-corrected chi connectivity index (χ1v) is 9.74. The average molecular weight is 406 g/mol. The van der Waals surface area contributed by atoms with Crippen LogP contribution in [0, 0.1) is 13.3 Å². The standard InChI is InChI=1S/C19H15.C2H3O.C2H4.Zr/c1-3-7-18-14(5-1)9-11-16(18)13-17-12-10-15-6-2-4-8-19(15)17;1-2-3;1-2;/h1-13,16-17H;2H,1H2;1H,2H3;/q2*-1;;+2. The van der Waals surface area contributed by atoms with Crippen molar-refractivity contribution in [2.45, 2.75) is 18.8 Å². The van der Waals surface area contributed by atoms with Crippen molar-refractivity contribution in [3.63, 3.8) is 0 Å². The van der Waals surface area contributed by atoms with Crippen molar-refractivity contribution in [3.8, 4) is 0 Å². The summed E-state index contributed by atoms with van der Waals surface area (Å²) in [6.07, 6.45) is 12.0. The Kier molecular flexibility index (Phi) is 8.02. The Morgan fingerprint density at radius 3 is 1.68 bits per heavy atom. The number of benzene rings is 2. The molecule has 4 rings (SSSR count). The monoisotopic (exact) mass is 404 g/mol. The quantitative estimate of drug-likeness (QED) is 0.496. The van der Waals surface area contributed by atoms with Crippen LogP contribution in [-0.2, 0) is 29.0 Å². The van der Waals surface area contributed by atoms with Crippen molar-refractivity contribution in [1.29, 1.82) is 0 Å². The van der Waals surface area contributed by atoms with Crippen LogP contribution in [0.1, 0.15) is 41.0 Å². The summed E-state index contributed by atoms with van der Waals surface area (Å²) in [5.41, 5.74) is 5.58. The number of allylic oxidation sites excluding steroid dienone is 2. The van der Waals surface area contributed by atoms with Crippen molar-refractivity contribution in [1.82, 2.24) is 0 Å². The summed E-state index contributed by atoms with van der Waals surface area (Å²) in [7, 11) is 0. The molecule has 0 saturated heterocycles. The zero-order valence-electron chi connectivity index (χ0n) is 14.4. The van der Waals surface area contributed by atoms with Crippen molar-refractivity contribution < 1.29 is 29.0 Å². The predicted molar refractivity (Wildman–Crippen MR) is 104 cm³/mol. The van der Waals surface area contributed by atoms with Gasteiger partial charge >= 0.3 is 34.9 Å². The fraction of sp³-hybridized carbons (Fsp3) is 0.130. The molecule has 0 amide bonds. The number of carbonyl (C=O) groups is 1. The Bertz CT molecular complexity index is 708. The second kappa shape index (κ2) is 10.3. The number of hydrogen-bond acceptors (Lipinski definition) is 1. The minimum absolute atomic E-state index is 0.442. The van der Waals surface area contributed by atoms with Gasteiger partial charge in [0.25, 0.3) is 0 Å². The van der Waals surface area contributed by atoms with Gasteiger partial charge < -0.3 is 18.1 Å². The SMILES string of the molecule is C1=CC([CH-]C2C=Cc3ccccc32)c2ccccc21.C[CH]=[Zr+2].[CH2-]C=O. The molecule has 2 atom stereocenters. The zero-order chi connectivity index (χ0) is 18.1. The average Bonchev–Trinajstić information content (AvgIpc) is 3.22. The van der Waals surface area contributed by atoms with Gasteiger partial charge in [0.05, 0.1) is 0 Å². The van der Waals surface area contributed by atoms with Crippen LogP contribution >= 0.6 is 0 Å². The van der Waals surface area contributed by atoms with Crippen LogP contribution in [-0.4, -0.2) is 10.00 Å². The number of aldehydes is 1. The summed E-state index contributed by atoms with van der Waals surface area (Å²) in [6, 6.07) is 17.3. The van der Waals surface area contributed by atoms with Gasteiger partial charge in [0, 0.05) is 0 Å². The van der Waals surface area contributed by atoms with Crippen LogP contribution in [0.2, 0.25) is 0 Å². The van der Waals surface area contributed by atoms with E-state index in [2.05, 4.69) is 89.9 Å². The number of rotatable bonds is 2. The second-order valence-corrected chi connectivity index (χ2v) is 7.09. The van der Waals surface area contributed by atoms with Gasteiger partial charge in [-0.2, -0.15) is 0 Å². The molecule has 2 aliphatic rings. The summed E-state index contributed by atoms with van der Waals surface area (Å²) in [4.78, 5) is 8.69. The van der Waals surface area contributed by atoms with Gasteiger partial charge in [-0.1, -0.05) is 71.8 Å². The first kappa shape index (κ1) is 19.5. The summed E-state index contributed by atoms with van der Waals surface area (Å²) < 4.78 is 2.09. The fourth-order valence-electron chi connectivity index (χ4n) is 3.11. The molecule has 0 aromatic heterocycles. The molecule has 0 saturated carbocycles. The molecule has 2 unspecified atom stereocenters. The van der Waals surface area contributed by atoms with Gasteiger partial charge in [0.15, 0.2) is 0 Å². The molecule has 2 aromatic rings. The number of hydrogen-bond donors (Lipinski definition) is 0. The maximum Gasteiger partial charge on any atom is -0.0180 e. The first-order valence-electron chi connectivity index (χ1n) is 8.32. The molecule has 0 N–H and O–H groups in total. The molecule has 0 spiro atoms. The Hall–Kier alpha value is -1.79. The van der Waals surface area contributed by atoms with Gasteiger partial charge in [0.1, 0.15) is 0 Å². The minimum Gasteiger partial charge on any atom is -0.343 e. The number of carbonyl (C=O) groups excluding carboxylic acids is 1. The predicted octanol–water partition coefficient (Wildman–Crippen LogP) is 5.19. The van der Waals surface area contributed by atoms with Crippen LogP contribution in [0.25, 0.3) is 12.2 Å². The van der Waals surface area contributed by atoms with Crippen LogP contribution < -0.4 is 0 Å². The van der Waals surface area contributed by atoms with Gasteiger partial charge in [-0.15, -0.1) is 24.0 Å². The van der Waals surface area contributed by atoms with Crippen LogP contribution in [0.5, 0.6) is 0 Å². The van der Waals surface area contributed by atoms with E-state index in [4.69, 9.17) is 4.79 Å². The molecule has 0 fully saturated rings. The smallest absolute Gasteiger partial charge is 0.0180 e. The third kappa shape index (κ3) is 5.09. The number of fused-ring (bicyclic) bond motifs is 2. The van der Waals surface area contributed by atoms with Crippen LogP contribution in [0.3, 0.4) is 0 Å². The van der Waals surface area contributed by atoms with Crippen molar-refractivity contribution >= 4 is 22.1 Å².